The molecule has 5 nitrogen and oxygen atoms in total. The van der Waals surface area contributed by atoms with Crippen molar-refractivity contribution < 1.29 is 23.5 Å². The van der Waals surface area contributed by atoms with E-state index in [4.69, 9.17) is 13.9 Å². The van der Waals surface area contributed by atoms with Crippen molar-refractivity contribution in [3.05, 3.63) is 78.9 Å². The highest BCUT2D eigenvalue weighted by atomic mass is 16.5. The summed E-state index contributed by atoms with van der Waals surface area (Å²) in [5.74, 6) is -0.334. The Kier molecular flexibility index (Phi) is 5.85. The van der Waals surface area contributed by atoms with E-state index in [0.29, 0.717) is 17.9 Å². The van der Waals surface area contributed by atoms with Crippen LogP contribution in [0.25, 0.3) is 33.1 Å². The Morgan fingerprint density at radius 2 is 1.61 bits per heavy atom. The van der Waals surface area contributed by atoms with Gasteiger partial charge in [-0.05, 0) is 53.8 Å². The smallest absolute Gasteiger partial charge is 0.335 e. The molecule has 0 aliphatic heterocycles. The monoisotopic (exact) mass is 414 g/mol. The maximum Gasteiger partial charge on any atom is 0.335 e. The molecule has 1 heterocycles. The van der Waals surface area contributed by atoms with Crippen LogP contribution in [0.5, 0.6) is 5.75 Å². The van der Waals surface area contributed by atoms with Gasteiger partial charge in [-0.2, -0.15) is 0 Å². The number of carbonyl (C=O) groups is 2. The Balaban J connectivity index is 1.54. The second-order valence-electron chi connectivity index (χ2n) is 7.24. The molecule has 0 amide bonds. The van der Waals surface area contributed by atoms with Gasteiger partial charge in [-0.3, -0.25) is 4.79 Å². The minimum absolute atomic E-state index is 0.245. The molecule has 0 unspecified atom stereocenters. The maximum absolute atomic E-state index is 11.4. The normalized spacial score (nSPS) is 10.9. The minimum Gasteiger partial charge on any atom is -0.466 e. The second-order valence-corrected chi connectivity index (χ2v) is 7.24. The van der Waals surface area contributed by atoms with Crippen LogP contribution in [0.4, 0.5) is 0 Å². The molecule has 0 spiro atoms. The number of rotatable bonds is 7. The van der Waals surface area contributed by atoms with Crippen LogP contribution >= 0.6 is 0 Å². The summed E-state index contributed by atoms with van der Waals surface area (Å²) in [6, 6.07) is 19.8. The van der Waals surface area contributed by atoms with Gasteiger partial charge < -0.3 is 13.9 Å². The van der Waals surface area contributed by atoms with E-state index in [-0.39, 0.29) is 5.97 Å². The molecule has 5 heteroatoms. The lowest BCUT2D eigenvalue weighted by Gasteiger charge is -2.05. The van der Waals surface area contributed by atoms with Crippen LogP contribution in [0, 0.1) is 0 Å². The summed E-state index contributed by atoms with van der Waals surface area (Å²) >= 11 is 0. The minimum atomic E-state index is -0.507. The Labute approximate surface area is 179 Å². The second kappa shape index (κ2) is 8.88. The fourth-order valence-electron chi connectivity index (χ4n) is 3.51. The highest BCUT2D eigenvalue weighted by Crippen LogP contribution is 2.34. The zero-order valence-corrected chi connectivity index (χ0v) is 17.2. The predicted molar refractivity (Wildman–Crippen MR) is 120 cm³/mol. The molecule has 31 heavy (non-hydrogen) atoms. The largest absolute Gasteiger partial charge is 0.466 e. The van der Waals surface area contributed by atoms with Crippen molar-refractivity contribution in [1.82, 2.24) is 0 Å². The summed E-state index contributed by atoms with van der Waals surface area (Å²) in [5.41, 5.74) is 4.76. The topological polar surface area (TPSA) is 65.7 Å². The fourth-order valence-corrected chi connectivity index (χ4v) is 3.51. The van der Waals surface area contributed by atoms with Crippen molar-refractivity contribution in [3.8, 4) is 16.9 Å². The number of carbonyl (C=O) groups excluding carboxylic acids is 2. The van der Waals surface area contributed by atoms with Crippen LogP contribution in [0.2, 0.25) is 0 Å². The molecule has 0 atom stereocenters. The highest BCUT2D eigenvalue weighted by Gasteiger charge is 2.11. The van der Waals surface area contributed by atoms with Crippen molar-refractivity contribution in [3.63, 3.8) is 0 Å². The fraction of sp³-hybridized carbons (Fsp3) is 0.154. The van der Waals surface area contributed by atoms with Gasteiger partial charge in [0.05, 0.1) is 6.61 Å². The molecular formula is C26H22O5. The molecule has 0 bridgehead atoms. The van der Waals surface area contributed by atoms with Gasteiger partial charge in [0.25, 0.3) is 0 Å². The molecule has 0 saturated heterocycles. The highest BCUT2D eigenvalue weighted by molar-refractivity contribution is 6.06. The van der Waals surface area contributed by atoms with E-state index in [2.05, 4.69) is 36.9 Å². The molecule has 0 saturated carbocycles. The van der Waals surface area contributed by atoms with Crippen LogP contribution in [-0.2, 0) is 20.7 Å². The third-order valence-electron chi connectivity index (χ3n) is 5.03. The molecule has 0 fully saturated rings. The number of fused-ring (bicyclic) bond motifs is 3. The van der Waals surface area contributed by atoms with Gasteiger partial charge in [-0.25, -0.2) is 4.79 Å². The molecule has 4 aromatic rings. The Bertz CT molecular complexity index is 1260. The van der Waals surface area contributed by atoms with Gasteiger partial charge in [-0.15, -0.1) is 0 Å². The lowest BCUT2D eigenvalue weighted by molar-refractivity contribution is -0.141. The zero-order chi connectivity index (χ0) is 21.8. The van der Waals surface area contributed by atoms with Gasteiger partial charge in [0.2, 0.25) is 0 Å². The summed E-state index contributed by atoms with van der Waals surface area (Å²) in [7, 11) is 0. The number of ether oxygens (including phenoxy) is 2. The van der Waals surface area contributed by atoms with Crippen LogP contribution in [-0.4, -0.2) is 18.5 Å². The lowest BCUT2D eigenvalue weighted by atomic mass is 10.0. The first kappa shape index (κ1) is 20.4. The first-order chi connectivity index (χ1) is 15.0. The van der Waals surface area contributed by atoms with Crippen molar-refractivity contribution in [1.29, 1.82) is 0 Å². The van der Waals surface area contributed by atoms with Crippen molar-refractivity contribution in [2.45, 2.75) is 19.8 Å². The summed E-state index contributed by atoms with van der Waals surface area (Å²) in [6.45, 7) is 5.27. The Morgan fingerprint density at radius 1 is 0.935 bits per heavy atom. The number of benzene rings is 3. The van der Waals surface area contributed by atoms with Gasteiger partial charge in [-0.1, -0.05) is 36.9 Å². The van der Waals surface area contributed by atoms with Crippen LogP contribution in [0.3, 0.4) is 0 Å². The van der Waals surface area contributed by atoms with Crippen molar-refractivity contribution in [2.75, 3.05) is 6.61 Å². The van der Waals surface area contributed by atoms with Gasteiger partial charge in [0, 0.05) is 29.8 Å². The van der Waals surface area contributed by atoms with E-state index in [1.165, 1.54) is 12.5 Å². The van der Waals surface area contributed by atoms with E-state index in [9.17, 15) is 9.59 Å². The van der Waals surface area contributed by atoms with Crippen LogP contribution in [0.1, 0.15) is 18.9 Å². The summed E-state index contributed by atoms with van der Waals surface area (Å²) in [4.78, 5) is 22.3. The quantitative estimate of drug-likeness (QED) is 0.164. The summed E-state index contributed by atoms with van der Waals surface area (Å²) < 4.78 is 16.2. The van der Waals surface area contributed by atoms with E-state index < -0.39 is 5.97 Å². The zero-order valence-electron chi connectivity index (χ0n) is 17.2. The number of aryl methyl sites for hydroxylation is 1. The van der Waals surface area contributed by atoms with Crippen molar-refractivity contribution in [2.24, 2.45) is 0 Å². The first-order valence-electron chi connectivity index (χ1n) is 10.1. The Hall–Kier alpha value is -3.86. The van der Waals surface area contributed by atoms with E-state index in [1.807, 2.05) is 18.2 Å². The average molecular weight is 414 g/mol. The van der Waals surface area contributed by atoms with Crippen LogP contribution in [0.15, 0.2) is 77.7 Å². The van der Waals surface area contributed by atoms with Gasteiger partial charge >= 0.3 is 11.9 Å². The molecule has 0 aliphatic rings. The van der Waals surface area contributed by atoms with Crippen molar-refractivity contribution >= 4 is 33.9 Å². The third-order valence-corrected chi connectivity index (χ3v) is 5.03. The van der Waals surface area contributed by atoms with E-state index in [0.717, 1.165) is 46.4 Å². The van der Waals surface area contributed by atoms with E-state index in [1.54, 1.807) is 12.1 Å². The third kappa shape index (κ3) is 4.67. The number of furan rings is 1. The molecule has 0 radical (unpaired) electrons. The molecular weight excluding hydrogens is 392 g/mol. The summed E-state index contributed by atoms with van der Waals surface area (Å²) in [6.07, 6.45) is 2.78. The Morgan fingerprint density at radius 3 is 2.32 bits per heavy atom. The molecule has 3 aromatic carbocycles. The SMILES string of the molecule is C=CC(=O)Oc1ccc2c(c1)oc1cc(-c3ccc(CCCOC(C)=O)cc3)ccc12. The molecule has 4 rings (SSSR count). The number of esters is 2. The van der Waals surface area contributed by atoms with Gasteiger partial charge in [0.1, 0.15) is 16.9 Å². The van der Waals surface area contributed by atoms with Gasteiger partial charge in [0.15, 0.2) is 0 Å². The van der Waals surface area contributed by atoms with Crippen LogP contribution < -0.4 is 4.74 Å². The molecule has 0 aliphatic carbocycles. The lowest BCUT2D eigenvalue weighted by Crippen LogP contribution is -2.02. The molecule has 1 aromatic heterocycles. The molecule has 0 N–H and O–H groups in total. The molecule has 156 valence electrons. The standard InChI is InChI=1S/C26H22O5/c1-3-26(28)30-21-11-13-23-22-12-10-20(15-24(22)31-25(23)16-21)19-8-6-18(7-9-19)5-4-14-29-17(2)27/h3,6-13,15-16H,1,4-5,14H2,2H3. The average Bonchev–Trinajstić information content (AvgIpc) is 3.13. The van der Waals surface area contributed by atoms with E-state index >= 15 is 0 Å². The first-order valence-corrected chi connectivity index (χ1v) is 10.1. The number of hydrogen-bond acceptors (Lipinski definition) is 5. The maximum atomic E-state index is 11.4. The summed E-state index contributed by atoms with van der Waals surface area (Å²) in [5, 5.41) is 1.96. The number of hydrogen-bond donors (Lipinski definition) is 0. The predicted octanol–water partition coefficient (Wildman–Crippen LogP) is 5.84.